The molecule has 1 saturated heterocycles. The zero-order valence-electron chi connectivity index (χ0n) is 16.0. The molecule has 2 heterocycles. The smallest absolute Gasteiger partial charge is 0.273 e. The lowest BCUT2D eigenvalue weighted by atomic mass is 10.0. The molecule has 0 aliphatic carbocycles. The van der Waals surface area contributed by atoms with Crippen LogP contribution in [0.2, 0.25) is 0 Å². The lowest BCUT2D eigenvalue weighted by Gasteiger charge is -2.25. The van der Waals surface area contributed by atoms with Crippen LogP contribution in [0, 0.1) is 17.0 Å². The van der Waals surface area contributed by atoms with Crippen molar-refractivity contribution in [2.24, 2.45) is 0 Å². The summed E-state index contributed by atoms with van der Waals surface area (Å²) < 4.78 is 39.4. The van der Waals surface area contributed by atoms with Crippen LogP contribution in [-0.4, -0.2) is 37.4 Å². The lowest BCUT2D eigenvalue weighted by Crippen LogP contribution is -2.30. The van der Waals surface area contributed by atoms with Gasteiger partial charge in [-0.25, -0.2) is 8.42 Å². The number of rotatable bonds is 4. The minimum absolute atomic E-state index is 0.0592. The third-order valence-electron chi connectivity index (χ3n) is 5.34. The molecule has 0 unspecified atom stereocenters. The fourth-order valence-electron chi connectivity index (χ4n) is 3.83. The average Bonchev–Trinajstić information content (AvgIpc) is 3.08. The minimum Gasteiger partial charge on any atom is -0.490 e. The van der Waals surface area contributed by atoms with E-state index in [2.05, 4.69) is 0 Å². The highest BCUT2D eigenvalue weighted by atomic mass is 32.2. The third-order valence-corrected chi connectivity index (χ3v) is 7.25. The SMILES string of the molecule is Cc1ccc(S(=O)(=O)N2CCC[C@H]2c2ccc3c(c2)OCCCO3)cc1[N+](=O)[O-]. The van der Waals surface area contributed by atoms with E-state index in [1.54, 1.807) is 6.92 Å². The molecule has 0 aromatic heterocycles. The second-order valence-corrected chi connectivity index (χ2v) is 9.13. The van der Waals surface area contributed by atoms with E-state index in [0.717, 1.165) is 18.1 Å². The highest BCUT2D eigenvalue weighted by Gasteiger charge is 2.37. The summed E-state index contributed by atoms with van der Waals surface area (Å²) in [5.41, 5.74) is 1.06. The number of fused-ring (bicyclic) bond motifs is 1. The average molecular weight is 418 g/mol. The number of ether oxygens (including phenoxy) is 2. The van der Waals surface area contributed by atoms with Gasteiger partial charge >= 0.3 is 0 Å². The van der Waals surface area contributed by atoms with Crippen molar-refractivity contribution in [3.05, 3.63) is 57.6 Å². The standard InChI is InChI=1S/C20H22N2O6S/c1-14-5-7-16(13-18(14)22(23)24)29(25,26)21-9-2-4-17(21)15-6-8-19-20(12-15)28-11-3-10-27-19/h5-8,12-13,17H,2-4,9-11H2,1H3/t17-/m0/s1. The van der Waals surface area contributed by atoms with Gasteiger partial charge in [-0.2, -0.15) is 4.31 Å². The van der Waals surface area contributed by atoms with Crippen molar-refractivity contribution >= 4 is 15.7 Å². The molecule has 9 heteroatoms. The maximum absolute atomic E-state index is 13.3. The fraction of sp³-hybridized carbons (Fsp3) is 0.400. The number of hydrogen-bond donors (Lipinski definition) is 0. The van der Waals surface area contributed by atoms with Gasteiger partial charge in [-0.1, -0.05) is 12.1 Å². The summed E-state index contributed by atoms with van der Waals surface area (Å²) in [4.78, 5) is 10.6. The zero-order chi connectivity index (χ0) is 20.6. The van der Waals surface area contributed by atoms with Crippen LogP contribution in [0.5, 0.6) is 11.5 Å². The van der Waals surface area contributed by atoms with E-state index in [-0.39, 0.29) is 16.6 Å². The first-order chi connectivity index (χ1) is 13.9. The fourth-order valence-corrected chi connectivity index (χ4v) is 5.53. The van der Waals surface area contributed by atoms with Gasteiger partial charge in [0.25, 0.3) is 5.69 Å². The van der Waals surface area contributed by atoms with E-state index >= 15 is 0 Å². The molecule has 4 rings (SSSR count). The Bertz CT molecular complexity index is 1050. The Morgan fingerprint density at radius 2 is 1.83 bits per heavy atom. The van der Waals surface area contributed by atoms with E-state index in [9.17, 15) is 18.5 Å². The summed E-state index contributed by atoms with van der Waals surface area (Å²) in [5, 5.41) is 11.2. The van der Waals surface area contributed by atoms with Gasteiger partial charge in [-0.15, -0.1) is 0 Å². The van der Waals surface area contributed by atoms with Crippen LogP contribution in [0.15, 0.2) is 41.3 Å². The topological polar surface area (TPSA) is 99.0 Å². The molecule has 2 aliphatic heterocycles. The molecule has 2 aromatic rings. The first-order valence-corrected chi connectivity index (χ1v) is 11.0. The number of nitro groups is 1. The number of nitrogens with zero attached hydrogens (tertiary/aromatic N) is 2. The molecular weight excluding hydrogens is 396 g/mol. The highest BCUT2D eigenvalue weighted by molar-refractivity contribution is 7.89. The molecule has 0 N–H and O–H groups in total. The molecule has 2 aliphatic rings. The van der Waals surface area contributed by atoms with Gasteiger partial charge < -0.3 is 9.47 Å². The second-order valence-electron chi connectivity index (χ2n) is 7.24. The van der Waals surface area contributed by atoms with E-state index in [1.807, 2.05) is 18.2 Å². The molecule has 154 valence electrons. The summed E-state index contributed by atoms with van der Waals surface area (Å²) in [7, 11) is -3.88. The van der Waals surface area contributed by atoms with Crippen molar-refractivity contribution in [2.45, 2.75) is 37.1 Å². The molecule has 0 amide bonds. The maximum atomic E-state index is 13.3. The largest absolute Gasteiger partial charge is 0.490 e. The molecule has 0 saturated carbocycles. The van der Waals surface area contributed by atoms with Crippen molar-refractivity contribution in [1.82, 2.24) is 4.31 Å². The van der Waals surface area contributed by atoms with Crippen LogP contribution in [0.25, 0.3) is 0 Å². The minimum atomic E-state index is -3.88. The van der Waals surface area contributed by atoms with Gasteiger partial charge in [0.2, 0.25) is 10.0 Å². The van der Waals surface area contributed by atoms with Crippen LogP contribution in [0.4, 0.5) is 5.69 Å². The number of nitro benzene ring substituents is 1. The third kappa shape index (κ3) is 3.67. The molecule has 2 aromatic carbocycles. The van der Waals surface area contributed by atoms with Gasteiger partial charge in [0.15, 0.2) is 11.5 Å². The Hall–Kier alpha value is -2.65. The zero-order valence-corrected chi connectivity index (χ0v) is 16.9. The van der Waals surface area contributed by atoms with Crippen molar-refractivity contribution in [3.8, 4) is 11.5 Å². The molecule has 29 heavy (non-hydrogen) atoms. The van der Waals surface area contributed by atoms with Crippen molar-refractivity contribution < 1.29 is 22.8 Å². The van der Waals surface area contributed by atoms with Gasteiger partial charge in [0, 0.05) is 24.6 Å². The Morgan fingerprint density at radius 1 is 1.07 bits per heavy atom. The summed E-state index contributed by atoms with van der Waals surface area (Å²) in [6.07, 6.45) is 2.18. The Labute approximate surface area is 169 Å². The molecule has 0 radical (unpaired) electrons. The molecule has 1 fully saturated rings. The Balaban J connectivity index is 1.69. The van der Waals surface area contributed by atoms with E-state index in [0.29, 0.717) is 49.7 Å². The Kier molecular flexibility index (Phi) is 5.18. The van der Waals surface area contributed by atoms with Crippen LogP contribution < -0.4 is 9.47 Å². The van der Waals surface area contributed by atoms with E-state index in [1.165, 1.54) is 16.4 Å². The summed E-state index contributed by atoms with van der Waals surface area (Å²) in [6, 6.07) is 9.23. The molecule has 0 bridgehead atoms. The van der Waals surface area contributed by atoms with Crippen LogP contribution in [0.1, 0.15) is 36.4 Å². The number of hydrogen-bond acceptors (Lipinski definition) is 6. The predicted molar refractivity (Wildman–Crippen MR) is 106 cm³/mol. The summed E-state index contributed by atoms with van der Waals surface area (Å²) in [5.74, 6) is 1.28. The highest BCUT2D eigenvalue weighted by Crippen LogP contribution is 2.40. The van der Waals surface area contributed by atoms with Gasteiger partial charge in [0.1, 0.15) is 0 Å². The predicted octanol–water partition coefficient (Wildman–Crippen LogP) is 3.59. The van der Waals surface area contributed by atoms with Gasteiger partial charge in [-0.3, -0.25) is 10.1 Å². The first kappa shape index (κ1) is 19.7. The maximum Gasteiger partial charge on any atom is 0.273 e. The lowest BCUT2D eigenvalue weighted by molar-refractivity contribution is -0.385. The number of aryl methyl sites for hydroxylation is 1. The van der Waals surface area contributed by atoms with Crippen LogP contribution in [-0.2, 0) is 10.0 Å². The quantitative estimate of drug-likeness (QED) is 0.556. The Morgan fingerprint density at radius 3 is 2.59 bits per heavy atom. The second kappa shape index (κ2) is 7.64. The summed E-state index contributed by atoms with van der Waals surface area (Å²) in [6.45, 7) is 3.09. The molecule has 0 spiro atoms. The molecular formula is C20H22N2O6S. The van der Waals surface area contributed by atoms with Crippen LogP contribution >= 0.6 is 0 Å². The van der Waals surface area contributed by atoms with Gasteiger partial charge in [0.05, 0.1) is 29.1 Å². The van der Waals surface area contributed by atoms with Crippen molar-refractivity contribution in [3.63, 3.8) is 0 Å². The molecule has 8 nitrogen and oxygen atoms in total. The first-order valence-electron chi connectivity index (χ1n) is 9.54. The number of benzene rings is 2. The van der Waals surface area contributed by atoms with Crippen molar-refractivity contribution in [2.75, 3.05) is 19.8 Å². The van der Waals surface area contributed by atoms with Gasteiger partial charge in [-0.05, 0) is 43.5 Å². The molecule has 1 atom stereocenters. The summed E-state index contributed by atoms with van der Waals surface area (Å²) >= 11 is 0. The normalized spacial score (nSPS) is 19.7. The monoisotopic (exact) mass is 418 g/mol. The van der Waals surface area contributed by atoms with Crippen LogP contribution in [0.3, 0.4) is 0 Å². The number of sulfonamides is 1. The van der Waals surface area contributed by atoms with E-state index < -0.39 is 14.9 Å². The van der Waals surface area contributed by atoms with Crippen molar-refractivity contribution in [1.29, 1.82) is 0 Å². The van der Waals surface area contributed by atoms with E-state index in [4.69, 9.17) is 9.47 Å².